The molecule has 0 spiro atoms. The number of allylic oxidation sites excluding steroid dienone is 1. The van der Waals surface area contributed by atoms with Crippen molar-refractivity contribution in [1.29, 1.82) is 0 Å². The van der Waals surface area contributed by atoms with Crippen LogP contribution in [0.1, 0.15) is 432 Å². The van der Waals surface area contributed by atoms with Crippen molar-refractivity contribution in [2.24, 2.45) is 0 Å². The highest BCUT2D eigenvalue weighted by Crippen LogP contribution is 2.24. The molecule has 126 heavy (non-hydrogen) atoms. The SMILES string of the molecule is C.C.C.C.CC.CC.CC.CC.CC.CC.CC.CC.CC.CC.CC.CC.CC.CC(C)N1C=CCC(=O)C1.CC(C)N1CC=CCC1.CC(C)N1CCCCC1.CC(C)N1CCCCC1C.CC(C)N1CCN(C)CC1.CC(C)n1ccc(=O)nc1.CC(C)n1ccc2ccccc21.Cc1ccc2ccn(C(C)C)c2c1.Cc1ccc2ccn(C(C)C)c2c1.[2HH].[2HH].[2HH]. The fourth-order valence-corrected chi connectivity index (χ4v) is 12.4. The lowest BCUT2D eigenvalue weighted by atomic mass is 10.0. The summed E-state index contributed by atoms with van der Waals surface area (Å²) >= 11 is 0. The first kappa shape index (κ1) is 151. The van der Waals surface area contributed by atoms with E-state index in [0.29, 0.717) is 49.0 Å². The predicted molar refractivity (Wildman–Crippen MR) is 597 cm³/mol. The highest BCUT2D eigenvalue weighted by Gasteiger charge is 2.20. The maximum atomic E-state index is 10.9. The summed E-state index contributed by atoms with van der Waals surface area (Å²) in [6, 6.07) is 35.9. The number of aryl methyl sites for hydroxylation is 2. The lowest BCUT2D eigenvalue weighted by molar-refractivity contribution is -0.119. The third-order valence-corrected chi connectivity index (χ3v) is 18.8. The fourth-order valence-electron chi connectivity index (χ4n) is 12.4. The number of para-hydroxylation sites is 1. The molecule has 1 unspecified atom stereocenters. The van der Waals surface area contributed by atoms with Crippen molar-refractivity contribution in [1.82, 2.24) is 52.7 Å². The van der Waals surface area contributed by atoms with Crippen LogP contribution in [0.2, 0.25) is 0 Å². The number of ketones is 1. The Morgan fingerprint density at radius 2 is 0.738 bits per heavy atom. The minimum atomic E-state index is -0.183. The molecular formula is C113H235N11O2. The molecule has 13 nitrogen and oxygen atoms in total. The molecule has 5 aliphatic heterocycles. The summed E-state index contributed by atoms with van der Waals surface area (Å²) in [7, 11) is 2.19. The summed E-state index contributed by atoms with van der Waals surface area (Å²) in [5.74, 6) is 0.316. The summed E-state index contributed by atoms with van der Waals surface area (Å²) < 4.78 is 8.78. The van der Waals surface area contributed by atoms with Gasteiger partial charge in [-0.05, 0) is 274 Å². The number of hydrogen-bond acceptors (Lipinski definition) is 9. The molecule has 3 fully saturated rings. The van der Waals surface area contributed by atoms with Crippen LogP contribution in [0.5, 0.6) is 0 Å². The van der Waals surface area contributed by atoms with Crippen molar-refractivity contribution in [3.63, 3.8) is 0 Å². The number of nitrogens with zero attached hydrogens (tertiary/aromatic N) is 11. The highest BCUT2D eigenvalue weighted by atomic mass is 16.1. The van der Waals surface area contributed by atoms with Gasteiger partial charge in [-0.2, -0.15) is 4.98 Å². The van der Waals surface area contributed by atoms with Gasteiger partial charge < -0.3 is 33.0 Å². The Morgan fingerprint density at radius 1 is 0.357 bits per heavy atom. The number of piperidine rings is 2. The second-order valence-corrected chi connectivity index (χ2v) is 29.6. The van der Waals surface area contributed by atoms with Crippen LogP contribution < -0.4 is 5.56 Å². The third kappa shape index (κ3) is 70.8. The number of carbonyl (C=O) groups is 1. The molecule has 4 aromatic heterocycles. The van der Waals surface area contributed by atoms with Crippen molar-refractivity contribution in [3.05, 3.63) is 162 Å². The number of carbonyl (C=O) groups excluding carboxylic acids is 1. The Balaban J connectivity index is -0.0000000703. The average molecular weight is 1780 g/mol. The van der Waals surface area contributed by atoms with E-state index in [2.05, 4.69) is 291 Å². The van der Waals surface area contributed by atoms with E-state index in [4.69, 9.17) is 0 Å². The van der Waals surface area contributed by atoms with E-state index in [9.17, 15) is 9.59 Å². The number of rotatable bonds is 9. The van der Waals surface area contributed by atoms with Crippen molar-refractivity contribution in [2.45, 2.75) is 467 Å². The van der Waals surface area contributed by atoms with Crippen LogP contribution in [-0.2, 0) is 4.79 Å². The lowest BCUT2D eigenvalue weighted by Crippen LogP contribution is -2.47. The molecule has 0 N–H and O–H groups in total. The number of likely N-dealkylation sites (N-methyl/N-ethyl adjacent to an activating group) is 1. The van der Waals surface area contributed by atoms with Crippen molar-refractivity contribution < 1.29 is 9.07 Å². The monoisotopic (exact) mass is 1780 g/mol. The average Bonchev–Trinajstić information content (AvgIpc) is 1.69. The summed E-state index contributed by atoms with van der Waals surface area (Å²) in [6.07, 6.45) is 28.6. The van der Waals surface area contributed by atoms with Gasteiger partial charge in [-0.25, -0.2) is 0 Å². The quantitative estimate of drug-likeness (QED) is 0.131. The molecule has 0 radical (unpaired) electrons. The molecule has 0 saturated carbocycles. The van der Waals surface area contributed by atoms with Gasteiger partial charge >= 0.3 is 0 Å². The van der Waals surface area contributed by atoms with Crippen LogP contribution in [0.25, 0.3) is 32.7 Å². The fraction of sp³-hybridized carbons (Fsp3) is 0.708. The van der Waals surface area contributed by atoms with Gasteiger partial charge in [-0.15, -0.1) is 0 Å². The molecule has 9 heterocycles. The molecule has 7 aromatic rings. The Labute approximate surface area is 797 Å². The topological polar surface area (TPSA) is 86.2 Å². The molecule has 0 aliphatic carbocycles. The molecule has 0 amide bonds. The van der Waals surface area contributed by atoms with E-state index in [-0.39, 0.29) is 39.5 Å². The van der Waals surface area contributed by atoms with Crippen LogP contribution >= 0.6 is 0 Å². The minimum Gasteiger partial charge on any atom is -0.368 e. The van der Waals surface area contributed by atoms with Crippen molar-refractivity contribution in [2.75, 3.05) is 72.5 Å². The first-order valence-corrected chi connectivity index (χ1v) is 50.1. The van der Waals surface area contributed by atoms with Gasteiger partial charge in [0.2, 0.25) is 0 Å². The minimum absolute atomic E-state index is 0. The lowest BCUT2D eigenvalue weighted by Gasteiger charge is -2.36. The zero-order valence-electron chi connectivity index (χ0n) is 90.5. The molecule has 3 saturated heterocycles. The molecule has 754 valence electrons. The van der Waals surface area contributed by atoms with Crippen LogP contribution in [0.4, 0.5) is 0 Å². The van der Waals surface area contributed by atoms with Gasteiger partial charge in [-0.1, -0.05) is 283 Å². The van der Waals surface area contributed by atoms with Gasteiger partial charge in [0, 0.05) is 158 Å². The van der Waals surface area contributed by atoms with Gasteiger partial charge in [-0.3, -0.25) is 24.3 Å². The van der Waals surface area contributed by atoms with Crippen LogP contribution in [0.3, 0.4) is 0 Å². The number of piperazine rings is 1. The van der Waals surface area contributed by atoms with E-state index in [0.717, 1.165) is 36.8 Å². The molecular weight excluding hydrogens is 1540 g/mol. The van der Waals surface area contributed by atoms with Gasteiger partial charge in [0.05, 0.1) is 12.9 Å². The van der Waals surface area contributed by atoms with E-state index < -0.39 is 0 Å². The number of Topliss-reactive ketones (excluding diaryl/α,β-unsaturated/α-hetero) is 1. The van der Waals surface area contributed by atoms with Crippen LogP contribution in [0.15, 0.2) is 145 Å². The Hall–Kier alpha value is -6.09. The maximum Gasteiger partial charge on any atom is 0.272 e. The number of benzene rings is 3. The van der Waals surface area contributed by atoms with Gasteiger partial charge in [0.25, 0.3) is 5.56 Å². The molecule has 1 atom stereocenters. The Kier molecular flexibility index (Phi) is 125. The number of hydrogen-bond donors (Lipinski definition) is 0. The van der Waals surface area contributed by atoms with E-state index >= 15 is 0 Å². The van der Waals surface area contributed by atoms with Gasteiger partial charge in [0.15, 0.2) is 5.78 Å². The molecule has 5 aliphatic rings. The van der Waals surface area contributed by atoms with E-state index in [1.807, 2.05) is 216 Å². The van der Waals surface area contributed by atoms with E-state index in [1.165, 1.54) is 147 Å². The third-order valence-electron chi connectivity index (χ3n) is 18.8. The maximum absolute atomic E-state index is 10.9. The first-order valence-electron chi connectivity index (χ1n) is 50.1. The molecule has 13 heteroatoms. The number of fused-ring (bicyclic) bond motifs is 3. The van der Waals surface area contributed by atoms with Crippen LogP contribution in [-0.4, -0.2) is 167 Å². The summed E-state index contributed by atoms with van der Waals surface area (Å²) in [5, 5.41) is 3.99. The van der Waals surface area contributed by atoms with Crippen molar-refractivity contribution >= 4 is 38.5 Å². The van der Waals surface area contributed by atoms with Crippen LogP contribution in [0, 0.1) is 13.8 Å². The first-order chi connectivity index (χ1) is 58.6. The molecule has 0 bridgehead atoms. The van der Waals surface area contributed by atoms with E-state index in [1.54, 1.807) is 12.5 Å². The molecule has 12 rings (SSSR count). The second-order valence-electron chi connectivity index (χ2n) is 29.6. The summed E-state index contributed by atoms with van der Waals surface area (Å²) in [4.78, 5) is 39.6. The Morgan fingerprint density at radius 3 is 1.04 bits per heavy atom. The smallest absolute Gasteiger partial charge is 0.272 e. The van der Waals surface area contributed by atoms with Crippen molar-refractivity contribution in [3.8, 4) is 0 Å². The zero-order chi connectivity index (χ0) is 97.0. The largest absolute Gasteiger partial charge is 0.368 e. The van der Waals surface area contributed by atoms with Gasteiger partial charge in [0.1, 0.15) is 0 Å². The summed E-state index contributed by atoms with van der Waals surface area (Å²) in [5.41, 5.74) is 6.48. The number of aromatic nitrogens is 5. The second kappa shape index (κ2) is 104. The predicted octanol–water partition coefficient (Wildman–Crippen LogP) is 35.4. The zero-order valence-corrected chi connectivity index (χ0v) is 90.5. The summed E-state index contributed by atoms with van der Waals surface area (Å²) in [6.45, 7) is 110. The highest BCUT2D eigenvalue weighted by molar-refractivity contribution is 5.83. The number of likely N-dealkylation sites (tertiary alicyclic amines) is 2. The Bertz CT molecular complexity index is 3280. The standard InChI is InChI=1S/2C12H15N.C11H13N.C9H19N.C8H18N2.C8H13NO.C8H17N.C8H15N.C7H10N2O.13C2H6.4CH4.3H2/c2*1-9(2)13-7-6-11-5-4-10(3)8-12(11)13;1-9(2)12-8-7-10-5-3-4-6-11(10)12;1-8(2)10-7-5-4-6-9(10)3;1-8(2)10-6-4-9(3)5-7-10;1-7(2)9-5-3-4-8(10)6-9;2*1-8(2)9-6-4-3-5-7-9;1-6(2)9-4-3-7(10)8-5-9;13*1-2;;;;;;;/h2*4-9H,1-3H3;3-9H,1-2H3;8-9H,4-7H2,1-3H3;8H,4-7H2,1-3H3;3,5,7H,4,6H2,1-2H3;8H,3-7H2,1-2H3;3-4,8H,5-7H2,1-2H3;3-6H,1-2H3;13*1-2H3;4*1H4;3*1H/i;;;;;;;;;;;;;;;;;;;;;;;;;;3*1+1. The normalized spacial score (nSPS) is 13.7. The molecule has 3 aromatic carbocycles.